The minimum atomic E-state index is -0.402. The van der Waals surface area contributed by atoms with Crippen molar-refractivity contribution in [1.29, 1.82) is 0 Å². The van der Waals surface area contributed by atoms with Crippen LogP contribution in [0.5, 0.6) is 11.5 Å². The zero-order valence-electron chi connectivity index (χ0n) is 19.5. The van der Waals surface area contributed by atoms with Crippen LogP contribution in [0.15, 0.2) is 18.2 Å². The fourth-order valence-corrected chi connectivity index (χ4v) is 5.12. The normalized spacial score (nSPS) is 26.2. The number of aliphatic hydroxyl groups excluding tert-OH is 1. The Morgan fingerprint density at radius 1 is 1.00 bits per heavy atom. The van der Waals surface area contributed by atoms with E-state index in [4.69, 9.17) is 14.2 Å². The van der Waals surface area contributed by atoms with Crippen molar-refractivity contribution in [3.63, 3.8) is 0 Å². The van der Waals surface area contributed by atoms with Crippen LogP contribution >= 0.6 is 0 Å². The number of hydrogen-bond donors (Lipinski definition) is 1. The summed E-state index contributed by atoms with van der Waals surface area (Å²) >= 11 is 0. The molecule has 6 heteroatoms. The summed E-state index contributed by atoms with van der Waals surface area (Å²) in [5.41, 5.74) is 1.65. The van der Waals surface area contributed by atoms with Crippen LogP contribution in [-0.2, 0) is 11.3 Å². The number of benzene rings is 1. The Bertz CT molecular complexity index is 704. The van der Waals surface area contributed by atoms with Gasteiger partial charge in [0.15, 0.2) is 11.5 Å². The van der Waals surface area contributed by atoms with Crippen molar-refractivity contribution in [1.82, 2.24) is 9.80 Å². The molecule has 4 rings (SSSR count). The third-order valence-corrected chi connectivity index (χ3v) is 7.20. The number of β-amino-alcohol motifs (C(OH)–C–C–N with tert-alkyl or cyclic N) is 1. The molecule has 1 saturated heterocycles. The summed E-state index contributed by atoms with van der Waals surface area (Å²) in [5, 5.41) is 10.5. The number of hydrogen-bond acceptors (Lipinski definition) is 6. The molecule has 1 aromatic rings. The quantitative estimate of drug-likeness (QED) is 0.712. The molecule has 1 saturated carbocycles. The lowest BCUT2D eigenvalue weighted by atomic mass is 9.72. The first kappa shape index (κ1) is 22.8. The smallest absolute Gasteiger partial charge is 0.231 e. The van der Waals surface area contributed by atoms with Crippen LogP contribution in [0.2, 0.25) is 0 Å². The van der Waals surface area contributed by atoms with Gasteiger partial charge in [-0.25, -0.2) is 0 Å². The predicted molar refractivity (Wildman–Crippen MR) is 121 cm³/mol. The second-order valence-corrected chi connectivity index (χ2v) is 10.6. The van der Waals surface area contributed by atoms with E-state index < -0.39 is 6.10 Å². The van der Waals surface area contributed by atoms with Gasteiger partial charge < -0.3 is 19.3 Å². The summed E-state index contributed by atoms with van der Waals surface area (Å²) in [6.45, 7) is 13.4. The van der Waals surface area contributed by atoms with Crippen LogP contribution in [0.3, 0.4) is 0 Å². The molecule has 0 unspecified atom stereocenters. The minimum absolute atomic E-state index is 0.321. The Morgan fingerprint density at radius 2 is 1.68 bits per heavy atom. The van der Waals surface area contributed by atoms with E-state index in [1.807, 2.05) is 6.07 Å². The maximum absolute atomic E-state index is 10.5. The lowest BCUT2D eigenvalue weighted by molar-refractivity contribution is -0.0473. The Balaban J connectivity index is 1.12. The molecular weight excluding hydrogens is 392 g/mol. The maximum atomic E-state index is 10.5. The highest BCUT2D eigenvalue weighted by molar-refractivity contribution is 5.44. The van der Waals surface area contributed by atoms with Gasteiger partial charge in [-0.1, -0.05) is 26.8 Å². The molecule has 0 radical (unpaired) electrons. The number of nitrogens with zero attached hydrogens (tertiary/aromatic N) is 2. The minimum Gasteiger partial charge on any atom is -0.454 e. The molecule has 0 bridgehead atoms. The van der Waals surface area contributed by atoms with Crippen LogP contribution in [0.25, 0.3) is 0 Å². The number of piperazine rings is 1. The monoisotopic (exact) mass is 432 g/mol. The molecule has 0 spiro atoms. The zero-order valence-corrected chi connectivity index (χ0v) is 19.5. The van der Waals surface area contributed by atoms with E-state index in [1.54, 1.807) is 0 Å². The maximum Gasteiger partial charge on any atom is 0.231 e. The van der Waals surface area contributed by atoms with Crippen LogP contribution < -0.4 is 9.47 Å². The summed E-state index contributed by atoms with van der Waals surface area (Å²) in [4.78, 5) is 4.82. The SMILES string of the molecule is CC(C)(C)C1CCC(OC[C@H](O)CN2CCN(Cc3ccc4c(c3)OCO4)CC2)CC1. The van der Waals surface area contributed by atoms with Gasteiger partial charge in [0, 0.05) is 39.3 Å². The third kappa shape index (κ3) is 6.35. The Morgan fingerprint density at radius 3 is 2.39 bits per heavy atom. The third-order valence-electron chi connectivity index (χ3n) is 7.20. The van der Waals surface area contributed by atoms with E-state index in [9.17, 15) is 5.11 Å². The Labute approximate surface area is 187 Å². The highest BCUT2D eigenvalue weighted by atomic mass is 16.7. The van der Waals surface area contributed by atoms with Crippen molar-refractivity contribution in [2.75, 3.05) is 46.1 Å². The number of rotatable bonds is 7. The van der Waals surface area contributed by atoms with E-state index in [-0.39, 0.29) is 0 Å². The highest BCUT2D eigenvalue weighted by Crippen LogP contribution is 2.38. The van der Waals surface area contributed by atoms with Gasteiger partial charge in [0.2, 0.25) is 6.79 Å². The van der Waals surface area contributed by atoms with Crippen molar-refractivity contribution in [2.24, 2.45) is 11.3 Å². The van der Waals surface area contributed by atoms with Crippen LogP contribution in [0, 0.1) is 11.3 Å². The van der Waals surface area contributed by atoms with Crippen molar-refractivity contribution in [3.8, 4) is 11.5 Å². The summed E-state index contributed by atoms with van der Waals surface area (Å²) in [5.74, 6) is 2.49. The van der Waals surface area contributed by atoms with Crippen molar-refractivity contribution >= 4 is 0 Å². The van der Waals surface area contributed by atoms with Gasteiger partial charge in [-0.3, -0.25) is 9.80 Å². The molecule has 1 atom stereocenters. The Kier molecular flexibility index (Phi) is 7.42. The second kappa shape index (κ2) is 10.1. The molecule has 2 fully saturated rings. The molecule has 1 N–H and O–H groups in total. The standard InChI is InChI=1S/C25H40N2O4/c1-25(2,3)20-5-7-22(8-6-20)29-17-21(28)16-27-12-10-26(11-13-27)15-19-4-9-23-24(14-19)31-18-30-23/h4,9,14,20-22,28H,5-8,10-13,15-18H2,1-3H3/t20?,21-,22?/m1/s1. The van der Waals surface area contributed by atoms with E-state index in [0.717, 1.165) is 63.0 Å². The van der Waals surface area contributed by atoms with Gasteiger partial charge in [-0.2, -0.15) is 0 Å². The van der Waals surface area contributed by atoms with Crippen molar-refractivity contribution < 1.29 is 19.3 Å². The van der Waals surface area contributed by atoms with Gasteiger partial charge >= 0.3 is 0 Å². The van der Waals surface area contributed by atoms with E-state index in [1.165, 1.54) is 18.4 Å². The van der Waals surface area contributed by atoms with E-state index >= 15 is 0 Å². The van der Waals surface area contributed by atoms with Crippen LogP contribution in [0.1, 0.15) is 52.0 Å². The number of fused-ring (bicyclic) bond motifs is 1. The van der Waals surface area contributed by atoms with E-state index in [0.29, 0.717) is 31.5 Å². The second-order valence-electron chi connectivity index (χ2n) is 10.6. The fraction of sp³-hybridized carbons (Fsp3) is 0.760. The molecule has 0 aromatic heterocycles. The fourth-order valence-electron chi connectivity index (χ4n) is 5.12. The predicted octanol–water partition coefficient (Wildman–Crippen LogP) is 3.52. The topological polar surface area (TPSA) is 54.4 Å². The molecular formula is C25H40N2O4. The van der Waals surface area contributed by atoms with E-state index in [2.05, 4.69) is 42.7 Å². The molecule has 2 heterocycles. The first-order valence-electron chi connectivity index (χ1n) is 12.0. The molecule has 2 aliphatic heterocycles. The molecule has 0 amide bonds. The summed E-state index contributed by atoms with van der Waals surface area (Å²) in [7, 11) is 0. The highest BCUT2D eigenvalue weighted by Gasteiger charge is 2.30. The van der Waals surface area contributed by atoms with Crippen LogP contribution in [-0.4, -0.2) is 73.2 Å². The van der Waals surface area contributed by atoms with Gasteiger partial charge in [0.1, 0.15) is 0 Å². The first-order chi connectivity index (χ1) is 14.9. The average molecular weight is 433 g/mol. The molecule has 174 valence electrons. The molecule has 6 nitrogen and oxygen atoms in total. The van der Waals surface area contributed by atoms with Crippen molar-refractivity contribution in [2.45, 2.75) is 65.2 Å². The summed E-state index contributed by atoms with van der Waals surface area (Å²) in [6, 6.07) is 6.21. The molecule has 31 heavy (non-hydrogen) atoms. The lowest BCUT2D eigenvalue weighted by Crippen LogP contribution is -2.48. The van der Waals surface area contributed by atoms with Crippen molar-refractivity contribution in [3.05, 3.63) is 23.8 Å². The molecule has 1 aromatic carbocycles. The Hall–Kier alpha value is -1.34. The largest absolute Gasteiger partial charge is 0.454 e. The summed E-state index contributed by atoms with van der Waals surface area (Å²) < 4.78 is 17.0. The lowest BCUT2D eigenvalue weighted by Gasteiger charge is -2.37. The van der Waals surface area contributed by atoms with Gasteiger partial charge in [-0.15, -0.1) is 0 Å². The van der Waals surface area contributed by atoms with Gasteiger partial charge in [0.25, 0.3) is 0 Å². The first-order valence-corrected chi connectivity index (χ1v) is 12.0. The van der Waals surface area contributed by atoms with Gasteiger partial charge in [0.05, 0.1) is 18.8 Å². The zero-order chi connectivity index (χ0) is 21.8. The van der Waals surface area contributed by atoms with Gasteiger partial charge in [-0.05, 0) is 54.7 Å². The molecule has 3 aliphatic rings. The molecule has 1 aliphatic carbocycles. The summed E-state index contributed by atoms with van der Waals surface area (Å²) in [6.07, 6.45) is 4.68. The average Bonchev–Trinajstić information content (AvgIpc) is 3.21. The number of aliphatic hydroxyl groups is 1. The number of ether oxygens (including phenoxy) is 3. The van der Waals surface area contributed by atoms with Crippen LogP contribution in [0.4, 0.5) is 0 Å².